The zero-order valence-corrected chi connectivity index (χ0v) is 8.15. The zero-order chi connectivity index (χ0) is 7.40. The molecule has 0 saturated heterocycles. The fraction of sp³-hybridized carbons (Fsp3) is 0. The highest BCUT2D eigenvalue weighted by Gasteiger charge is 1.88. The van der Waals surface area contributed by atoms with Gasteiger partial charge in [0.2, 0.25) is 0 Å². The molecule has 1 aromatic carbocycles. The molecule has 0 radical (unpaired) electrons. The van der Waals surface area contributed by atoms with E-state index in [0.717, 1.165) is 8.68 Å². The smallest absolute Gasteiger partial charge is 0.142 e. The molecule has 0 heterocycles. The first-order chi connectivity index (χ1) is 4.79. The molecule has 0 atom stereocenters. The Hall–Kier alpha value is -0.160. The van der Waals surface area contributed by atoms with Crippen LogP contribution in [0.1, 0.15) is 0 Å². The average Bonchev–Trinajstić information content (AvgIpc) is 1.88. The Kier molecular flexibility index (Phi) is 3.08. The number of para-hydroxylation sites is 1. The van der Waals surface area contributed by atoms with Crippen molar-refractivity contribution in [3.05, 3.63) is 30.3 Å². The number of thiocarbonyl (C=S) groups is 1. The van der Waals surface area contributed by atoms with Gasteiger partial charge >= 0.3 is 0 Å². The van der Waals surface area contributed by atoms with Gasteiger partial charge in [-0.3, -0.25) is 0 Å². The molecule has 0 aliphatic carbocycles. The minimum Gasteiger partial charge on any atom is -0.342 e. The highest BCUT2D eigenvalue weighted by molar-refractivity contribution is 14.1. The van der Waals surface area contributed by atoms with E-state index in [1.54, 1.807) is 0 Å². The van der Waals surface area contributed by atoms with Crippen molar-refractivity contribution in [2.45, 2.75) is 0 Å². The molecule has 0 unspecified atom stereocenters. The number of hydrogen-bond donors (Lipinski definition) is 1. The third-order valence-electron chi connectivity index (χ3n) is 1.02. The summed E-state index contributed by atoms with van der Waals surface area (Å²) in [6.45, 7) is 0. The molecule has 0 bridgehead atoms. The van der Waals surface area contributed by atoms with Crippen LogP contribution in [0.15, 0.2) is 30.3 Å². The minimum atomic E-state index is 0.767. The first-order valence-electron chi connectivity index (χ1n) is 2.80. The summed E-state index contributed by atoms with van der Waals surface area (Å²) >= 11 is 6.92. The lowest BCUT2D eigenvalue weighted by Gasteiger charge is -1.99. The zero-order valence-electron chi connectivity index (χ0n) is 5.17. The van der Waals surface area contributed by atoms with E-state index < -0.39 is 0 Å². The number of hydrogen-bond acceptors (Lipinski definition) is 1. The average molecular weight is 263 g/mol. The lowest BCUT2D eigenvalue weighted by molar-refractivity contribution is 1.67. The van der Waals surface area contributed by atoms with E-state index in [0.29, 0.717) is 0 Å². The van der Waals surface area contributed by atoms with Gasteiger partial charge in [0.25, 0.3) is 0 Å². The molecule has 1 rings (SSSR count). The number of nitrogens with one attached hydrogen (secondary N) is 1. The number of rotatable bonds is 1. The molecule has 1 N–H and O–H groups in total. The van der Waals surface area contributed by atoms with Crippen molar-refractivity contribution in [2.75, 3.05) is 5.32 Å². The van der Waals surface area contributed by atoms with E-state index >= 15 is 0 Å². The summed E-state index contributed by atoms with van der Waals surface area (Å²) in [5.41, 5.74) is 1.04. The molecule has 1 aromatic rings. The van der Waals surface area contributed by atoms with Crippen LogP contribution in [0.2, 0.25) is 0 Å². The van der Waals surface area contributed by atoms with Crippen LogP contribution in [0.25, 0.3) is 0 Å². The van der Waals surface area contributed by atoms with Crippen molar-refractivity contribution in [1.82, 2.24) is 0 Å². The largest absolute Gasteiger partial charge is 0.342 e. The van der Waals surface area contributed by atoms with Gasteiger partial charge in [0.05, 0.1) is 0 Å². The van der Waals surface area contributed by atoms with Gasteiger partial charge in [-0.15, -0.1) is 0 Å². The third kappa shape index (κ3) is 2.62. The highest BCUT2D eigenvalue weighted by atomic mass is 127. The van der Waals surface area contributed by atoms with E-state index in [2.05, 4.69) is 27.9 Å². The predicted molar refractivity (Wildman–Crippen MR) is 56.7 cm³/mol. The Labute approximate surface area is 79.0 Å². The SMILES string of the molecule is S=C(I)Nc1ccccc1. The maximum absolute atomic E-state index is 4.85. The van der Waals surface area contributed by atoms with Gasteiger partial charge < -0.3 is 5.32 Å². The fourth-order valence-electron chi connectivity index (χ4n) is 0.635. The number of halogens is 1. The van der Waals surface area contributed by atoms with E-state index in [9.17, 15) is 0 Å². The second kappa shape index (κ2) is 3.88. The molecule has 0 fully saturated rings. The molecular formula is C7H6INS. The molecule has 0 aromatic heterocycles. The summed E-state index contributed by atoms with van der Waals surface area (Å²) in [5, 5.41) is 3.02. The van der Waals surface area contributed by atoms with Crippen LogP contribution >= 0.6 is 34.8 Å². The van der Waals surface area contributed by atoms with Crippen LogP contribution in [0, 0.1) is 0 Å². The second-order valence-corrected chi connectivity index (χ2v) is 3.98. The molecule has 0 aliphatic rings. The van der Waals surface area contributed by atoms with Gasteiger partial charge in [0.1, 0.15) is 3.00 Å². The Morgan fingerprint density at radius 3 is 2.40 bits per heavy atom. The first kappa shape index (κ1) is 7.94. The van der Waals surface area contributed by atoms with E-state index in [4.69, 9.17) is 12.2 Å². The predicted octanol–water partition coefficient (Wildman–Crippen LogP) is 2.82. The van der Waals surface area contributed by atoms with Gasteiger partial charge in [-0.25, -0.2) is 0 Å². The standard InChI is InChI=1S/C7H6INS/c8-7(10)9-6-4-2-1-3-5-6/h1-5H,(H,9,10). The van der Waals surface area contributed by atoms with Crippen LogP contribution in [-0.2, 0) is 0 Å². The summed E-state index contributed by atoms with van der Waals surface area (Å²) in [5.74, 6) is 0. The van der Waals surface area contributed by atoms with Gasteiger partial charge in [0, 0.05) is 5.69 Å². The Balaban J connectivity index is 2.67. The first-order valence-corrected chi connectivity index (χ1v) is 4.29. The third-order valence-corrected chi connectivity index (χ3v) is 1.39. The topological polar surface area (TPSA) is 12.0 Å². The highest BCUT2D eigenvalue weighted by Crippen LogP contribution is 2.06. The number of benzene rings is 1. The monoisotopic (exact) mass is 263 g/mol. The van der Waals surface area contributed by atoms with Gasteiger partial charge in [-0.2, -0.15) is 0 Å². The molecule has 10 heavy (non-hydrogen) atoms. The molecule has 0 aliphatic heterocycles. The van der Waals surface area contributed by atoms with Crippen molar-refractivity contribution in [3.8, 4) is 0 Å². The van der Waals surface area contributed by atoms with Crippen LogP contribution in [-0.4, -0.2) is 3.00 Å². The lowest BCUT2D eigenvalue weighted by Crippen LogP contribution is -1.98. The van der Waals surface area contributed by atoms with Crippen molar-refractivity contribution >= 4 is 43.5 Å². The summed E-state index contributed by atoms with van der Waals surface area (Å²) in [7, 11) is 0. The van der Waals surface area contributed by atoms with Crippen molar-refractivity contribution in [3.63, 3.8) is 0 Å². The molecule has 0 amide bonds. The fourth-order valence-corrected chi connectivity index (χ4v) is 1.06. The normalized spacial score (nSPS) is 8.90. The number of anilines is 1. The molecule has 52 valence electrons. The van der Waals surface area contributed by atoms with Crippen molar-refractivity contribution < 1.29 is 0 Å². The van der Waals surface area contributed by atoms with Crippen LogP contribution in [0.4, 0.5) is 5.69 Å². The maximum atomic E-state index is 4.85. The van der Waals surface area contributed by atoms with Crippen LogP contribution < -0.4 is 5.32 Å². The quantitative estimate of drug-likeness (QED) is 0.362. The molecule has 3 heteroatoms. The minimum absolute atomic E-state index is 0.767. The van der Waals surface area contributed by atoms with Gasteiger partial charge in [-0.1, -0.05) is 30.4 Å². The van der Waals surface area contributed by atoms with Gasteiger partial charge in [0.15, 0.2) is 0 Å². The Bertz CT molecular complexity index is 222. The summed E-state index contributed by atoms with van der Waals surface area (Å²) in [4.78, 5) is 0. The Morgan fingerprint density at radius 1 is 1.30 bits per heavy atom. The van der Waals surface area contributed by atoms with E-state index in [1.807, 2.05) is 30.3 Å². The summed E-state index contributed by atoms with van der Waals surface area (Å²) < 4.78 is 0.767. The molecular weight excluding hydrogens is 257 g/mol. The molecule has 0 spiro atoms. The summed E-state index contributed by atoms with van der Waals surface area (Å²) in [6.07, 6.45) is 0. The summed E-state index contributed by atoms with van der Waals surface area (Å²) in [6, 6.07) is 9.87. The maximum Gasteiger partial charge on any atom is 0.142 e. The lowest BCUT2D eigenvalue weighted by atomic mass is 10.3. The Morgan fingerprint density at radius 2 is 1.90 bits per heavy atom. The van der Waals surface area contributed by atoms with Crippen LogP contribution in [0.3, 0.4) is 0 Å². The molecule has 0 saturated carbocycles. The van der Waals surface area contributed by atoms with Crippen LogP contribution in [0.5, 0.6) is 0 Å². The van der Waals surface area contributed by atoms with Crippen molar-refractivity contribution in [1.29, 1.82) is 0 Å². The molecule has 1 nitrogen and oxygen atoms in total. The van der Waals surface area contributed by atoms with E-state index in [-0.39, 0.29) is 0 Å². The van der Waals surface area contributed by atoms with Gasteiger partial charge in [-0.05, 0) is 34.7 Å². The van der Waals surface area contributed by atoms with E-state index in [1.165, 1.54) is 0 Å². The van der Waals surface area contributed by atoms with Crippen molar-refractivity contribution in [2.24, 2.45) is 0 Å². The second-order valence-electron chi connectivity index (χ2n) is 1.76.